The summed E-state index contributed by atoms with van der Waals surface area (Å²) >= 11 is 0. The van der Waals surface area contributed by atoms with Gasteiger partial charge in [-0.1, -0.05) is 38.8 Å². The number of hydrogen-bond acceptors (Lipinski definition) is 4. The average molecular weight is 373 g/mol. The third-order valence-electron chi connectivity index (χ3n) is 7.31. The van der Waals surface area contributed by atoms with Crippen LogP contribution in [0.5, 0.6) is 11.5 Å². The molecule has 3 rings (SSSR count). The van der Waals surface area contributed by atoms with E-state index in [1.165, 1.54) is 38.0 Å². The normalized spacial score (nSPS) is 29.6. The lowest BCUT2D eigenvalue weighted by atomic mass is 9.48. The van der Waals surface area contributed by atoms with Crippen molar-refractivity contribution in [3.05, 3.63) is 34.9 Å². The Labute approximate surface area is 162 Å². The van der Waals surface area contributed by atoms with Gasteiger partial charge in [0.05, 0.1) is 12.7 Å². The zero-order chi connectivity index (χ0) is 20.0. The summed E-state index contributed by atoms with van der Waals surface area (Å²) in [6.07, 6.45) is 7.69. The van der Waals surface area contributed by atoms with E-state index in [9.17, 15) is 15.0 Å². The summed E-state index contributed by atoms with van der Waals surface area (Å²) in [7, 11) is 1.32. The Balaban J connectivity index is 2.01. The number of hydrogen-bond donors (Lipinski definition) is 2. The van der Waals surface area contributed by atoms with Gasteiger partial charge in [0.15, 0.2) is 11.5 Å². The number of methoxy groups -OCH3 is 1. The van der Waals surface area contributed by atoms with Crippen molar-refractivity contribution in [1.82, 2.24) is 0 Å². The van der Waals surface area contributed by atoms with Crippen molar-refractivity contribution in [2.24, 2.45) is 22.7 Å². The topological polar surface area (TPSA) is 66.8 Å². The zero-order valence-electron chi connectivity index (χ0n) is 17.1. The highest BCUT2D eigenvalue weighted by Gasteiger charge is 2.51. The van der Waals surface area contributed by atoms with E-state index in [4.69, 9.17) is 4.74 Å². The number of phenols is 2. The molecule has 0 aliphatic heterocycles. The maximum atomic E-state index is 11.9. The Kier molecular flexibility index (Phi) is 5.04. The summed E-state index contributed by atoms with van der Waals surface area (Å²) < 4.78 is 4.79. The third kappa shape index (κ3) is 3.35. The van der Waals surface area contributed by atoms with E-state index in [0.29, 0.717) is 23.3 Å². The molecule has 0 heterocycles. The summed E-state index contributed by atoms with van der Waals surface area (Å²) in [5, 5.41) is 20.6. The van der Waals surface area contributed by atoms with E-state index in [1.54, 1.807) is 6.07 Å². The molecule has 0 bridgehead atoms. The molecule has 0 spiro atoms. The highest BCUT2D eigenvalue weighted by Crippen LogP contribution is 2.60. The Hall–Kier alpha value is -1.97. The molecule has 2 N–H and O–H groups in total. The molecule has 2 aliphatic rings. The number of benzene rings is 1. The quantitative estimate of drug-likeness (QED) is 0.433. The molecule has 0 amide bonds. The summed E-state index contributed by atoms with van der Waals surface area (Å²) in [4.78, 5) is 11.9. The van der Waals surface area contributed by atoms with Crippen molar-refractivity contribution in [2.75, 3.05) is 7.11 Å². The van der Waals surface area contributed by atoms with E-state index >= 15 is 0 Å². The van der Waals surface area contributed by atoms with E-state index < -0.39 is 5.97 Å². The second kappa shape index (κ2) is 6.88. The Bertz CT molecular complexity index is 777. The zero-order valence-corrected chi connectivity index (χ0v) is 17.1. The van der Waals surface area contributed by atoms with Crippen LogP contribution in [0.2, 0.25) is 0 Å². The highest BCUT2D eigenvalue weighted by atomic mass is 16.5. The van der Waals surface area contributed by atoms with Gasteiger partial charge in [-0.25, -0.2) is 4.79 Å². The predicted octanol–water partition coefficient (Wildman–Crippen LogP) is 5.23. The fraction of sp³-hybridized carbons (Fsp3) is 0.609. The van der Waals surface area contributed by atoms with Crippen LogP contribution in [0.1, 0.15) is 69.3 Å². The molecular weight excluding hydrogens is 340 g/mol. The molecule has 1 saturated carbocycles. The van der Waals surface area contributed by atoms with Crippen LogP contribution in [0, 0.1) is 22.7 Å². The second-order valence-electron chi connectivity index (χ2n) is 9.34. The summed E-state index contributed by atoms with van der Waals surface area (Å²) in [5.74, 6) is -0.0430. The average Bonchev–Trinajstić information content (AvgIpc) is 2.60. The first-order chi connectivity index (χ1) is 12.6. The fourth-order valence-electron chi connectivity index (χ4n) is 5.82. The van der Waals surface area contributed by atoms with E-state index in [-0.39, 0.29) is 28.4 Å². The van der Waals surface area contributed by atoms with Gasteiger partial charge in [-0.15, -0.1) is 0 Å². The number of esters is 1. The van der Waals surface area contributed by atoms with Crippen LogP contribution in [0.25, 0.3) is 0 Å². The molecule has 0 radical (unpaired) electrons. The van der Waals surface area contributed by atoms with Gasteiger partial charge in [0.25, 0.3) is 0 Å². The Morgan fingerprint density at radius 3 is 2.59 bits per heavy atom. The molecule has 1 aromatic rings. The first kappa shape index (κ1) is 19.8. The number of rotatable bonds is 3. The molecule has 1 aromatic carbocycles. The minimum atomic E-state index is -0.509. The number of ether oxygens (including phenoxy) is 1. The lowest BCUT2D eigenvalue weighted by Crippen LogP contribution is -2.49. The molecule has 148 valence electrons. The third-order valence-corrected chi connectivity index (χ3v) is 7.31. The number of phenolic OH excluding ortho intramolecular Hbond substituents is 2. The SMILES string of the molecule is COC(=O)c1cc(O)c(O)c(CC2C(C)=CCC3C(C)(C)CCCC23C)c1. The van der Waals surface area contributed by atoms with Crippen molar-refractivity contribution in [1.29, 1.82) is 0 Å². The van der Waals surface area contributed by atoms with Crippen LogP contribution in [-0.4, -0.2) is 23.3 Å². The van der Waals surface area contributed by atoms with Crippen LogP contribution in [0.3, 0.4) is 0 Å². The molecule has 27 heavy (non-hydrogen) atoms. The first-order valence-electron chi connectivity index (χ1n) is 9.90. The molecular formula is C23H32O4. The smallest absolute Gasteiger partial charge is 0.337 e. The Morgan fingerprint density at radius 1 is 1.22 bits per heavy atom. The number of allylic oxidation sites excluding steroid dienone is 2. The Morgan fingerprint density at radius 2 is 1.93 bits per heavy atom. The van der Waals surface area contributed by atoms with Crippen LogP contribution < -0.4 is 0 Å². The maximum absolute atomic E-state index is 11.9. The van der Waals surface area contributed by atoms with Crippen molar-refractivity contribution in [3.63, 3.8) is 0 Å². The lowest BCUT2D eigenvalue weighted by molar-refractivity contribution is -0.0369. The molecule has 1 fully saturated rings. The minimum absolute atomic E-state index is 0.128. The molecule has 3 unspecified atom stereocenters. The monoisotopic (exact) mass is 372 g/mol. The first-order valence-corrected chi connectivity index (χ1v) is 9.90. The van der Waals surface area contributed by atoms with Gasteiger partial charge in [-0.3, -0.25) is 0 Å². The molecule has 0 saturated heterocycles. The summed E-state index contributed by atoms with van der Waals surface area (Å²) in [5.41, 5.74) is 2.66. The van der Waals surface area contributed by atoms with Crippen molar-refractivity contribution < 1.29 is 19.7 Å². The number of aromatic hydroxyl groups is 2. The van der Waals surface area contributed by atoms with Gasteiger partial charge in [-0.2, -0.15) is 0 Å². The molecule has 3 atom stereocenters. The largest absolute Gasteiger partial charge is 0.504 e. The number of carbonyl (C=O) groups is 1. The molecule has 0 aromatic heterocycles. The van der Waals surface area contributed by atoms with Gasteiger partial charge < -0.3 is 14.9 Å². The fourth-order valence-corrected chi connectivity index (χ4v) is 5.82. The van der Waals surface area contributed by atoms with Gasteiger partial charge >= 0.3 is 5.97 Å². The van der Waals surface area contributed by atoms with Crippen molar-refractivity contribution in [3.8, 4) is 11.5 Å². The lowest BCUT2D eigenvalue weighted by Gasteiger charge is -2.57. The summed E-state index contributed by atoms with van der Waals surface area (Å²) in [6.45, 7) is 9.32. The van der Waals surface area contributed by atoms with E-state index in [2.05, 4.69) is 33.8 Å². The number of carbonyl (C=O) groups excluding carboxylic acids is 1. The van der Waals surface area contributed by atoms with Gasteiger partial charge in [-0.05, 0) is 73.0 Å². The summed E-state index contributed by atoms with van der Waals surface area (Å²) in [6, 6.07) is 2.93. The van der Waals surface area contributed by atoms with Crippen LogP contribution in [0.15, 0.2) is 23.8 Å². The van der Waals surface area contributed by atoms with E-state index in [1.807, 2.05) is 0 Å². The molecule has 2 aliphatic carbocycles. The van der Waals surface area contributed by atoms with Gasteiger partial charge in [0, 0.05) is 0 Å². The van der Waals surface area contributed by atoms with Crippen LogP contribution >= 0.6 is 0 Å². The molecule has 4 nitrogen and oxygen atoms in total. The minimum Gasteiger partial charge on any atom is -0.504 e. The van der Waals surface area contributed by atoms with Crippen LogP contribution in [-0.2, 0) is 11.2 Å². The van der Waals surface area contributed by atoms with Crippen LogP contribution in [0.4, 0.5) is 0 Å². The van der Waals surface area contributed by atoms with E-state index in [0.717, 1.165) is 6.42 Å². The number of fused-ring (bicyclic) bond motifs is 1. The van der Waals surface area contributed by atoms with Gasteiger partial charge in [0.1, 0.15) is 0 Å². The highest BCUT2D eigenvalue weighted by molar-refractivity contribution is 5.90. The predicted molar refractivity (Wildman–Crippen MR) is 106 cm³/mol. The second-order valence-corrected chi connectivity index (χ2v) is 9.34. The standard InChI is InChI=1S/C23H32O4/c1-14-7-8-19-22(2,3)9-6-10-23(19,4)17(14)12-15-11-16(21(26)27-5)13-18(24)20(15)25/h7,11,13,17,19,24-25H,6,8-10,12H2,1-5H3. The maximum Gasteiger partial charge on any atom is 0.337 e. The van der Waals surface area contributed by atoms with Crippen molar-refractivity contribution >= 4 is 5.97 Å². The molecule has 4 heteroatoms. The van der Waals surface area contributed by atoms with Crippen molar-refractivity contribution in [2.45, 2.75) is 59.8 Å². The van der Waals surface area contributed by atoms with Gasteiger partial charge in [0.2, 0.25) is 0 Å².